The van der Waals surface area contributed by atoms with Crippen LogP contribution in [-0.4, -0.2) is 24.9 Å². The zero-order valence-corrected chi connectivity index (χ0v) is 16.6. The Morgan fingerprint density at radius 2 is 1.69 bits per heavy atom. The number of hydrogen-bond donors (Lipinski definition) is 3. The summed E-state index contributed by atoms with van der Waals surface area (Å²) in [5.41, 5.74) is 5.94. The Labute approximate surface area is 173 Å². The van der Waals surface area contributed by atoms with Crippen molar-refractivity contribution in [3.63, 3.8) is 0 Å². The summed E-state index contributed by atoms with van der Waals surface area (Å²) >= 11 is 0. The molecule has 0 radical (unpaired) electrons. The number of carbonyl (C=O) groups excluding carboxylic acids is 2. The number of anilines is 1. The molecule has 0 heterocycles. The molecular formula is C20H23ClF3N3O2. The van der Waals surface area contributed by atoms with Gasteiger partial charge >= 0.3 is 6.18 Å². The van der Waals surface area contributed by atoms with Crippen molar-refractivity contribution in [2.45, 2.75) is 25.4 Å². The molecule has 0 bridgehead atoms. The Bertz CT molecular complexity index is 826. The Morgan fingerprint density at radius 1 is 1.07 bits per heavy atom. The molecule has 2 aromatic rings. The van der Waals surface area contributed by atoms with E-state index in [2.05, 4.69) is 10.6 Å². The first-order valence-electron chi connectivity index (χ1n) is 8.76. The standard InChI is InChI=1S/C20H22F3N3O2.ClH/c1-13(14-6-8-15(9-7-14)20(21,22)23)12-18(27)26-17-5-3-2-4-16(17)19(28)25-11-10-24;/h2-9,13H,10-12,24H2,1H3,(H,25,28)(H,26,27);1H. The monoisotopic (exact) mass is 429 g/mol. The summed E-state index contributed by atoms with van der Waals surface area (Å²) in [4.78, 5) is 24.5. The highest BCUT2D eigenvalue weighted by Crippen LogP contribution is 2.30. The van der Waals surface area contributed by atoms with Crippen molar-refractivity contribution in [2.24, 2.45) is 5.73 Å². The van der Waals surface area contributed by atoms with Gasteiger partial charge in [0.1, 0.15) is 0 Å². The van der Waals surface area contributed by atoms with E-state index in [1.165, 1.54) is 12.1 Å². The topological polar surface area (TPSA) is 84.2 Å². The van der Waals surface area contributed by atoms with Crippen molar-refractivity contribution in [1.29, 1.82) is 0 Å². The van der Waals surface area contributed by atoms with Crippen LogP contribution in [0.5, 0.6) is 0 Å². The third-order valence-corrected chi connectivity index (χ3v) is 4.17. The van der Waals surface area contributed by atoms with Gasteiger partial charge in [0.2, 0.25) is 5.91 Å². The van der Waals surface area contributed by atoms with E-state index in [9.17, 15) is 22.8 Å². The van der Waals surface area contributed by atoms with E-state index >= 15 is 0 Å². The van der Waals surface area contributed by atoms with Gasteiger partial charge in [-0.15, -0.1) is 12.4 Å². The molecule has 29 heavy (non-hydrogen) atoms. The molecule has 0 spiro atoms. The molecule has 0 aliphatic carbocycles. The van der Waals surface area contributed by atoms with Crippen LogP contribution in [-0.2, 0) is 11.0 Å². The number of rotatable bonds is 7. The Balaban J connectivity index is 0.00000420. The van der Waals surface area contributed by atoms with Crippen LogP contribution in [0.2, 0.25) is 0 Å². The Kier molecular flexibility index (Phi) is 9.13. The summed E-state index contributed by atoms with van der Waals surface area (Å²) in [7, 11) is 0. The minimum Gasteiger partial charge on any atom is -0.351 e. The van der Waals surface area contributed by atoms with Crippen molar-refractivity contribution in [3.8, 4) is 0 Å². The number of para-hydroxylation sites is 1. The van der Waals surface area contributed by atoms with Crippen LogP contribution in [0.15, 0.2) is 48.5 Å². The lowest BCUT2D eigenvalue weighted by Gasteiger charge is -2.15. The first-order chi connectivity index (χ1) is 13.2. The molecular weight excluding hydrogens is 407 g/mol. The number of halogens is 4. The molecule has 2 amide bonds. The van der Waals surface area contributed by atoms with E-state index in [1.807, 2.05) is 0 Å². The third-order valence-electron chi connectivity index (χ3n) is 4.17. The fraction of sp³-hybridized carbons (Fsp3) is 0.300. The van der Waals surface area contributed by atoms with Gasteiger partial charge in [-0.05, 0) is 35.7 Å². The molecule has 0 aliphatic rings. The second-order valence-electron chi connectivity index (χ2n) is 6.36. The molecule has 0 aromatic heterocycles. The zero-order chi connectivity index (χ0) is 20.7. The summed E-state index contributed by atoms with van der Waals surface area (Å²) in [6, 6.07) is 11.3. The predicted molar refractivity (Wildman–Crippen MR) is 108 cm³/mol. The predicted octanol–water partition coefficient (Wildman–Crippen LogP) is 3.95. The van der Waals surface area contributed by atoms with Crippen LogP contribution in [0.3, 0.4) is 0 Å². The van der Waals surface area contributed by atoms with Gasteiger partial charge in [0.05, 0.1) is 16.8 Å². The van der Waals surface area contributed by atoms with Crippen molar-refractivity contribution >= 4 is 29.9 Å². The second kappa shape index (κ2) is 10.8. The van der Waals surface area contributed by atoms with E-state index in [0.29, 0.717) is 29.9 Å². The van der Waals surface area contributed by atoms with Gasteiger partial charge in [-0.25, -0.2) is 0 Å². The fourth-order valence-electron chi connectivity index (χ4n) is 2.67. The van der Waals surface area contributed by atoms with Gasteiger partial charge in [-0.1, -0.05) is 31.2 Å². The first-order valence-corrected chi connectivity index (χ1v) is 8.76. The van der Waals surface area contributed by atoms with Crippen molar-refractivity contribution in [1.82, 2.24) is 5.32 Å². The Morgan fingerprint density at radius 3 is 2.28 bits per heavy atom. The van der Waals surface area contributed by atoms with E-state index in [1.54, 1.807) is 31.2 Å². The maximum atomic E-state index is 12.7. The second-order valence-corrected chi connectivity index (χ2v) is 6.36. The SMILES string of the molecule is CC(CC(=O)Nc1ccccc1C(=O)NCCN)c1ccc(C(F)(F)F)cc1.Cl. The molecule has 1 unspecified atom stereocenters. The van der Waals surface area contributed by atoms with Crippen molar-refractivity contribution < 1.29 is 22.8 Å². The van der Waals surface area contributed by atoms with Crippen molar-refractivity contribution in [2.75, 3.05) is 18.4 Å². The molecule has 2 rings (SSSR count). The lowest BCUT2D eigenvalue weighted by atomic mass is 9.96. The van der Waals surface area contributed by atoms with Crippen LogP contribution in [0.4, 0.5) is 18.9 Å². The van der Waals surface area contributed by atoms with Crippen LogP contribution in [0.1, 0.15) is 40.7 Å². The van der Waals surface area contributed by atoms with Gasteiger partial charge in [-0.2, -0.15) is 13.2 Å². The normalized spacial score (nSPS) is 11.9. The van der Waals surface area contributed by atoms with Crippen LogP contribution in [0.25, 0.3) is 0 Å². The molecule has 5 nitrogen and oxygen atoms in total. The van der Waals surface area contributed by atoms with E-state index in [0.717, 1.165) is 12.1 Å². The maximum absolute atomic E-state index is 12.7. The molecule has 0 saturated heterocycles. The van der Waals surface area contributed by atoms with Crippen LogP contribution < -0.4 is 16.4 Å². The summed E-state index contributed by atoms with van der Waals surface area (Å²) < 4.78 is 38.0. The van der Waals surface area contributed by atoms with Gasteiger partial charge in [-0.3, -0.25) is 9.59 Å². The average molecular weight is 430 g/mol. The first kappa shape index (κ1) is 24.5. The summed E-state index contributed by atoms with van der Waals surface area (Å²) in [6.45, 7) is 2.36. The quantitative estimate of drug-likeness (QED) is 0.623. The van der Waals surface area contributed by atoms with Crippen LogP contribution in [0, 0.1) is 0 Å². The van der Waals surface area contributed by atoms with E-state index in [4.69, 9.17) is 5.73 Å². The third kappa shape index (κ3) is 7.07. The van der Waals surface area contributed by atoms with Gasteiger partial charge in [0.15, 0.2) is 0 Å². The number of nitrogens with two attached hydrogens (primary N) is 1. The lowest BCUT2D eigenvalue weighted by Crippen LogP contribution is -2.30. The summed E-state index contributed by atoms with van der Waals surface area (Å²) in [6.07, 6.45) is -4.34. The van der Waals surface area contributed by atoms with Gasteiger partial charge < -0.3 is 16.4 Å². The highest BCUT2D eigenvalue weighted by Gasteiger charge is 2.30. The molecule has 9 heteroatoms. The number of amides is 2. The zero-order valence-electron chi connectivity index (χ0n) is 15.8. The fourth-order valence-corrected chi connectivity index (χ4v) is 2.67. The summed E-state index contributed by atoms with van der Waals surface area (Å²) in [5, 5.41) is 5.33. The minimum atomic E-state index is -4.40. The van der Waals surface area contributed by atoms with Gasteiger partial charge in [0, 0.05) is 19.5 Å². The molecule has 1 atom stereocenters. The molecule has 0 aliphatic heterocycles. The number of carbonyl (C=O) groups is 2. The average Bonchev–Trinajstić information content (AvgIpc) is 2.65. The smallest absolute Gasteiger partial charge is 0.351 e. The van der Waals surface area contributed by atoms with Crippen molar-refractivity contribution in [3.05, 3.63) is 65.2 Å². The lowest BCUT2D eigenvalue weighted by molar-refractivity contribution is -0.137. The molecule has 0 fully saturated rings. The molecule has 4 N–H and O–H groups in total. The highest BCUT2D eigenvalue weighted by molar-refractivity contribution is 6.03. The molecule has 158 valence electrons. The number of nitrogens with one attached hydrogen (secondary N) is 2. The number of hydrogen-bond acceptors (Lipinski definition) is 3. The van der Waals surface area contributed by atoms with E-state index in [-0.39, 0.29) is 36.6 Å². The summed E-state index contributed by atoms with van der Waals surface area (Å²) in [5.74, 6) is -0.982. The van der Waals surface area contributed by atoms with E-state index < -0.39 is 11.7 Å². The molecule has 2 aromatic carbocycles. The van der Waals surface area contributed by atoms with Crippen LogP contribution >= 0.6 is 12.4 Å². The van der Waals surface area contributed by atoms with Gasteiger partial charge in [0.25, 0.3) is 5.91 Å². The number of benzene rings is 2. The number of alkyl halides is 3. The minimum absolute atomic E-state index is 0. The Hall–Kier alpha value is -2.58. The largest absolute Gasteiger partial charge is 0.416 e. The highest BCUT2D eigenvalue weighted by atomic mass is 35.5. The maximum Gasteiger partial charge on any atom is 0.416 e. The molecule has 0 saturated carbocycles.